The number of hydrogen-bond donors (Lipinski definition) is 2. The Morgan fingerprint density at radius 2 is 1.84 bits per heavy atom. The number of carbonyl (C=O) groups is 2. The van der Waals surface area contributed by atoms with Gasteiger partial charge in [0.1, 0.15) is 0 Å². The number of rotatable bonds is 7. The largest absolute Gasteiger partial charge is 0.341 e. The fourth-order valence-electron chi connectivity index (χ4n) is 2.15. The van der Waals surface area contributed by atoms with E-state index in [1.165, 1.54) is 22.9 Å². The second kappa shape index (κ2) is 9.55. The Balaban J connectivity index is 1.89. The predicted molar refractivity (Wildman–Crippen MR) is 104 cm³/mol. The Hall–Kier alpha value is -2.71. The van der Waals surface area contributed by atoms with E-state index in [9.17, 15) is 9.59 Å². The number of benzene rings is 2. The first-order valence-electron chi connectivity index (χ1n) is 7.84. The van der Waals surface area contributed by atoms with Crippen LogP contribution in [0.5, 0.6) is 0 Å². The average Bonchev–Trinajstić information content (AvgIpc) is 2.62. The van der Waals surface area contributed by atoms with Crippen molar-refractivity contribution in [1.29, 1.82) is 0 Å². The normalized spacial score (nSPS) is 9.92. The lowest BCUT2D eigenvalue weighted by molar-refractivity contribution is -0.113. The van der Waals surface area contributed by atoms with Gasteiger partial charge in [0.25, 0.3) is 5.91 Å². The molecule has 2 N–H and O–H groups in total. The number of aryl methyl sites for hydroxylation is 1. The first-order chi connectivity index (χ1) is 12.1. The lowest BCUT2D eigenvalue weighted by atomic mass is 10.1. The van der Waals surface area contributed by atoms with E-state index in [-0.39, 0.29) is 18.4 Å². The van der Waals surface area contributed by atoms with E-state index >= 15 is 0 Å². The molecule has 2 aromatic rings. The van der Waals surface area contributed by atoms with Crippen LogP contribution in [0.15, 0.2) is 48.5 Å². The molecule has 0 aliphatic rings. The van der Waals surface area contributed by atoms with E-state index in [2.05, 4.69) is 40.8 Å². The topological polar surface area (TPSA) is 58.2 Å². The summed E-state index contributed by atoms with van der Waals surface area (Å²) in [6.07, 6.45) is 5.15. The first-order valence-corrected chi connectivity index (χ1v) is 8.99. The van der Waals surface area contributed by atoms with Gasteiger partial charge in [0.05, 0.1) is 23.5 Å². The van der Waals surface area contributed by atoms with E-state index < -0.39 is 0 Å². The summed E-state index contributed by atoms with van der Waals surface area (Å²) < 4.78 is 0. The van der Waals surface area contributed by atoms with Crippen LogP contribution in [-0.2, 0) is 10.5 Å². The van der Waals surface area contributed by atoms with E-state index in [0.29, 0.717) is 17.0 Å². The van der Waals surface area contributed by atoms with Gasteiger partial charge in [-0.3, -0.25) is 9.59 Å². The number of nitrogens with one attached hydrogen (secondary N) is 2. The maximum Gasteiger partial charge on any atom is 0.254 e. The molecule has 0 saturated heterocycles. The van der Waals surface area contributed by atoms with Crippen LogP contribution < -0.4 is 10.6 Å². The molecule has 4 nitrogen and oxygen atoms in total. The molecule has 128 valence electrons. The second-order valence-electron chi connectivity index (χ2n) is 5.46. The Bertz CT molecular complexity index is 779. The maximum atomic E-state index is 12.1. The third-order valence-corrected chi connectivity index (χ3v) is 4.42. The molecule has 0 atom stereocenters. The molecule has 0 heterocycles. The fourth-order valence-corrected chi connectivity index (χ4v) is 2.94. The van der Waals surface area contributed by atoms with Crippen LogP contribution in [0.1, 0.15) is 21.5 Å². The van der Waals surface area contributed by atoms with E-state index in [1.807, 2.05) is 6.92 Å². The number of amides is 2. The smallest absolute Gasteiger partial charge is 0.254 e. The number of carbonyl (C=O) groups excluding carboxylic acids is 2. The summed E-state index contributed by atoms with van der Waals surface area (Å²) in [7, 11) is 0. The zero-order valence-corrected chi connectivity index (χ0v) is 14.9. The molecule has 5 heteroatoms. The van der Waals surface area contributed by atoms with Crippen molar-refractivity contribution in [2.75, 3.05) is 17.6 Å². The van der Waals surface area contributed by atoms with Crippen LogP contribution in [0.4, 0.5) is 5.69 Å². The highest BCUT2D eigenvalue weighted by molar-refractivity contribution is 7.99. The minimum absolute atomic E-state index is 0.144. The van der Waals surface area contributed by atoms with Crippen molar-refractivity contribution < 1.29 is 9.59 Å². The van der Waals surface area contributed by atoms with Crippen molar-refractivity contribution in [2.24, 2.45) is 0 Å². The molecule has 25 heavy (non-hydrogen) atoms. The van der Waals surface area contributed by atoms with Crippen LogP contribution >= 0.6 is 11.8 Å². The predicted octanol–water partition coefficient (Wildman–Crippen LogP) is 3.23. The summed E-state index contributed by atoms with van der Waals surface area (Å²) in [5.74, 6) is 2.98. The van der Waals surface area contributed by atoms with Gasteiger partial charge in [-0.15, -0.1) is 18.2 Å². The molecule has 0 aliphatic carbocycles. The van der Waals surface area contributed by atoms with E-state index in [4.69, 9.17) is 6.42 Å². The zero-order valence-electron chi connectivity index (χ0n) is 14.0. The highest BCUT2D eigenvalue weighted by Crippen LogP contribution is 2.17. The molecular weight excluding hydrogens is 332 g/mol. The quantitative estimate of drug-likeness (QED) is 0.752. The highest BCUT2D eigenvalue weighted by atomic mass is 32.2. The summed E-state index contributed by atoms with van der Waals surface area (Å²) in [5, 5.41) is 5.39. The monoisotopic (exact) mass is 352 g/mol. The lowest BCUT2D eigenvalue weighted by Crippen LogP contribution is -2.25. The molecule has 2 aromatic carbocycles. The minimum Gasteiger partial charge on any atom is -0.341 e. The van der Waals surface area contributed by atoms with Crippen molar-refractivity contribution in [3.05, 3.63) is 65.2 Å². The van der Waals surface area contributed by atoms with Crippen LogP contribution in [0, 0.1) is 19.3 Å². The highest BCUT2D eigenvalue weighted by Gasteiger charge is 2.12. The van der Waals surface area contributed by atoms with Gasteiger partial charge >= 0.3 is 0 Å². The summed E-state index contributed by atoms with van der Waals surface area (Å²) in [6, 6.07) is 15.1. The summed E-state index contributed by atoms with van der Waals surface area (Å²) in [5.41, 5.74) is 3.27. The third kappa shape index (κ3) is 6.02. The van der Waals surface area contributed by atoms with Gasteiger partial charge in [0.2, 0.25) is 5.91 Å². The van der Waals surface area contributed by atoms with Crippen molar-refractivity contribution in [2.45, 2.75) is 12.7 Å². The van der Waals surface area contributed by atoms with Gasteiger partial charge in [-0.1, -0.05) is 47.9 Å². The minimum atomic E-state index is -0.304. The van der Waals surface area contributed by atoms with Crippen molar-refractivity contribution in [1.82, 2.24) is 5.32 Å². The molecule has 2 amide bonds. The van der Waals surface area contributed by atoms with Crippen LogP contribution in [0.25, 0.3) is 0 Å². The number of anilines is 1. The van der Waals surface area contributed by atoms with Gasteiger partial charge in [0.15, 0.2) is 0 Å². The number of thioether (sulfide) groups is 1. The van der Waals surface area contributed by atoms with Crippen molar-refractivity contribution in [3.8, 4) is 12.3 Å². The molecule has 2 rings (SSSR count). The lowest BCUT2D eigenvalue weighted by Gasteiger charge is -2.10. The van der Waals surface area contributed by atoms with Gasteiger partial charge in [-0.05, 0) is 24.6 Å². The standard InChI is InChI=1S/C20H20N2O2S/c1-3-12-21-20(24)17-6-4-5-7-18(17)22-19(23)14-25-13-16-10-8-15(2)9-11-16/h1,4-11H,12-14H2,2H3,(H,21,24)(H,22,23). The maximum absolute atomic E-state index is 12.1. The summed E-state index contributed by atoms with van der Waals surface area (Å²) in [6.45, 7) is 2.19. The Labute approximate surface area is 152 Å². The average molecular weight is 352 g/mol. The fraction of sp³-hybridized carbons (Fsp3) is 0.200. The Morgan fingerprint density at radius 1 is 1.12 bits per heavy atom. The number of terminal acetylenes is 1. The van der Waals surface area contributed by atoms with Crippen molar-refractivity contribution >= 4 is 29.3 Å². The van der Waals surface area contributed by atoms with Gasteiger partial charge in [-0.2, -0.15) is 0 Å². The van der Waals surface area contributed by atoms with Gasteiger partial charge in [0, 0.05) is 5.75 Å². The first kappa shape index (κ1) is 18.6. The van der Waals surface area contributed by atoms with Crippen LogP contribution in [0.2, 0.25) is 0 Å². The van der Waals surface area contributed by atoms with E-state index in [1.54, 1.807) is 24.3 Å². The van der Waals surface area contributed by atoms with Gasteiger partial charge in [-0.25, -0.2) is 0 Å². The molecule has 0 fully saturated rings. The van der Waals surface area contributed by atoms with Crippen molar-refractivity contribution in [3.63, 3.8) is 0 Å². The molecule has 0 unspecified atom stereocenters. The number of hydrogen-bond acceptors (Lipinski definition) is 3. The molecular formula is C20H20N2O2S. The molecule has 0 spiro atoms. The van der Waals surface area contributed by atoms with Crippen LogP contribution in [-0.4, -0.2) is 24.1 Å². The molecule has 0 aliphatic heterocycles. The van der Waals surface area contributed by atoms with Crippen LogP contribution in [0.3, 0.4) is 0 Å². The molecule has 0 aromatic heterocycles. The zero-order chi connectivity index (χ0) is 18.1. The molecule has 0 radical (unpaired) electrons. The Kier molecular flexibility index (Phi) is 7.12. The summed E-state index contributed by atoms with van der Waals surface area (Å²) in [4.78, 5) is 24.2. The second-order valence-corrected chi connectivity index (χ2v) is 6.44. The third-order valence-electron chi connectivity index (χ3n) is 3.42. The van der Waals surface area contributed by atoms with Gasteiger partial charge < -0.3 is 10.6 Å². The molecule has 0 bridgehead atoms. The Morgan fingerprint density at radius 3 is 2.56 bits per heavy atom. The SMILES string of the molecule is C#CCNC(=O)c1ccccc1NC(=O)CSCc1ccc(C)cc1. The molecule has 0 saturated carbocycles. The van der Waals surface area contributed by atoms with E-state index in [0.717, 1.165) is 5.75 Å². The summed E-state index contributed by atoms with van der Waals surface area (Å²) >= 11 is 1.53. The number of para-hydroxylation sites is 1.